The normalized spacial score (nSPS) is 16.8. The summed E-state index contributed by atoms with van der Waals surface area (Å²) >= 11 is 2.06. The smallest absolute Gasteiger partial charge is 0.0435 e. The molecule has 3 atom stereocenters. The second-order valence-corrected chi connectivity index (χ2v) is 6.06. The zero-order chi connectivity index (χ0) is 12.0. The van der Waals surface area contributed by atoms with Gasteiger partial charge in [0.2, 0.25) is 0 Å². The zero-order valence-corrected chi connectivity index (χ0v) is 11.6. The van der Waals surface area contributed by atoms with E-state index in [-0.39, 0.29) is 0 Å². The van der Waals surface area contributed by atoms with E-state index in [0.717, 1.165) is 5.25 Å². The maximum absolute atomic E-state index is 3.43. The molecule has 0 spiro atoms. The quantitative estimate of drug-likeness (QED) is 0.806. The van der Waals surface area contributed by atoms with Gasteiger partial charge in [-0.1, -0.05) is 51.1 Å². The number of benzene rings is 1. The molecule has 0 saturated heterocycles. The monoisotopic (exact) mass is 237 g/mol. The molecule has 1 aromatic carbocycles. The minimum atomic E-state index is 0.445. The van der Waals surface area contributed by atoms with Crippen LogP contribution in [0.15, 0.2) is 30.3 Å². The molecule has 1 rings (SSSR count). The summed E-state index contributed by atoms with van der Waals surface area (Å²) in [4.78, 5) is 0. The van der Waals surface area contributed by atoms with Gasteiger partial charge in [-0.25, -0.2) is 0 Å². The fourth-order valence-corrected chi connectivity index (χ4v) is 3.25. The molecule has 0 fully saturated rings. The van der Waals surface area contributed by atoms with Crippen molar-refractivity contribution in [3.63, 3.8) is 0 Å². The Morgan fingerprint density at radius 3 is 2.31 bits per heavy atom. The minimum absolute atomic E-state index is 0.445. The van der Waals surface area contributed by atoms with Gasteiger partial charge < -0.3 is 5.32 Å². The van der Waals surface area contributed by atoms with Crippen LogP contribution in [0.5, 0.6) is 0 Å². The Labute approximate surface area is 104 Å². The fraction of sp³-hybridized carbons (Fsp3) is 0.571. The van der Waals surface area contributed by atoms with Gasteiger partial charge in [0.15, 0.2) is 0 Å². The predicted molar refractivity (Wildman–Crippen MR) is 75.0 cm³/mol. The van der Waals surface area contributed by atoms with E-state index in [9.17, 15) is 0 Å². The van der Waals surface area contributed by atoms with Crippen LogP contribution < -0.4 is 5.32 Å². The summed E-state index contributed by atoms with van der Waals surface area (Å²) < 4.78 is 0. The molecule has 0 aliphatic carbocycles. The van der Waals surface area contributed by atoms with Crippen molar-refractivity contribution >= 4 is 11.8 Å². The highest BCUT2D eigenvalue weighted by molar-refractivity contribution is 8.00. The predicted octanol–water partition coefficient (Wildman–Crippen LogP) is 3.87. The van der Waals surface area contributed by atoms with Crippen molar-refractivity contribution in [2.45, 2.75) is 43.7 Å². The summed E-state index contributed by atoms with van der Waals surface area (Å²) in [6.07, 6.45) is 1.24. The highest BCUT2D eigenvalue weighted by atomic mass is 32.2. The van der Waals surface area contributed by atoms with Gasteiger partial charge in [-0.05, 0) is 19.0 Å². The van der Waals surface area contributed by atoms with Crippen molar-refractivity contribution in [1.29, 1.82) is 0 Å². The van der Waals surface area contributed by atoms with Crippen LogP contribution in [-0.2, 0) is 0 Å². The van der Waals surface area contributed by atoms with Gasteiger partial charge in [-0.15, -0.1) is 0 Å². The first-order valence-corrected chi connectivity index (χ1v) is 7.01. The third-order valence-corrected chi connectivity index (χ3v) is 4.46. The minimum Gasteiger partial charge on any atom is -0.312 e. The Morgan fingerprint density at radius 2 is 1.81 bits per heavy atom. The molecular weight excluding hydrogens is 214 g/mol. The first kappa shape index (κ1) is 13.6. The van der Waals surface area contributed by atoms with Crippen LogP contribution in [-0.4, -0.2) is 17.5 Å². The van der Waals surface area contributed by atoms with Gasteiger partial charge in [0.05, 0.1) is 0 Å². The van der Waals surface area contributed by atoms with Crippen molar-refractivity contribution in [2.24, 2.45) is 0 Å². The van der Waals surface area contributed by atoms with Crippen LogP contribution >= 0.6 is 11.8 Å². The molecule has 1 nitrogen and oxygen atoms in total. The molecule has 0 aromatic heterocycles. The van der Waals surface area contributed by atoms with Gasteiger partial charge in [-0.3, -0.25) is 0 Å². The van der Waals surface area contributed by atoms with Crippen molar-refractivity contribution in [3.8, 4) is 0 Å². The summed E-state index contributed by atoms with van der Waals surface area (Å²) in [7, 11) is 2.05. The average Bonchev–Trinajstić information content (AvgIpc) is 2.31. The van der Waals surface area contributed by atoms with E-state index in [4.69, 9.17) is 0 Å². The Morgan fingerprint density at radius 1 is 1.19 bits per heavy atom. The first-order chi connectivity index (χ1) is 7.69. The Hall–Kier alpha value is -0.470. The van der Waals surface area contributed by atoms with Gasteiger partial charge in [0.25, 0.3) is 0 Å². The molecule has 1 aromatic rings. The van der Waals surface area contributed by atoms with E-state index >= 15 is 0 Å². The van der Waals surface area contributed by atoms with Crippen LogP contribution in [0.4, 0.5) is 0 Å². The zero-order valence-electron chi connectivity index (χ0n) is 10.7. The molecule has 0 aliphatic heterocycles. The molecule has 0 radical (unpaired) electrons. The molecule has 0 amide bonds. The number of nitrogens with one attached hydrogen (secondary N) is 1. The molecule has 90 valence electrons. The molecule has 0 aliphatic rings. The van der Waals surface area contributed by atoms with Gasteiger partial charge in [0, 0.05) is 16.5 Å². The lowest BCUT2D eigenvalue weighted by Gasteiger charge is -2.25. The molecule has 3 unspecified atom stereocenters. The molecule has 0 bridgehead atoms. The molecule has 2 heteroatoms. The van der Waals surface area contributed by atoms with Crippen molar-refractivity contribution in [1.82, 2.24) is 5.32 Å². The van der Waals surface area contributed by atoms with Crippen molar-refractivity contribution in [2.75, 3.05) is 7.05 Å². The van der Waals surface area contributed by atoms with E-state index < -0.39 is 0 Å². The first-order valence-electron chi connectivity index (χ1n) is 6.06. The lowest BCUT2D eigenvalue weighted by atomic mass is 10.0. The number of hydrogen-bond donors (Lipinski definition) is 1. The molecular formula is C14H23NS. The van der Waals surface area contributed by atoms with E-state index in [2.05, 4.69) is 68.2 Å². The summed E-state index contributed by atoms with van der Waals surface area (Å²) in [6.45, 7) is 6.87. The second-order valence-electron chi connectivity index (χ2n) is 4.24. The highest BCUT2D eigenvalue weighted by Crippen LogP contribution is 2.29. The summed E-state index contributed by atoms with van der Waals surface area (Å²) in [5.41, 5.74) is 1.38. The summed E-state index contributed by atoms with van der Waals surface area (Å²) in [5.74, 6) is 0. The van der Waals surface area contributed by atoms with Crippen molar-refractivity contribution in [3.05, 3.63) is 35.9 Å². The largest absolute Gasteiger partial charge is 0.312 e. The van der Waals surface area contributed by atoms with Crippen LogP contribution in [0.25, 0.3) is 0 Å². The molecule has 1 N–H and O–H groups in total. The topological polar surface area (TPSA) is 12.0 Å². The third-order valence-electron chi connectivity index (χ3n) is 2.96. The summed E-state index contributed by atoms with van der Waals surface area (Å²) in [5, 5.41) is 4.76. The standard InChI is InChI=1S/C14H23NS/c1-5-11(2)16-12(3)14(15-4)13-9-7-6-8-10-13/h6-12,14-15H,5H2,1-4H3. The average molecular weight is 237 g/mol. The Kier molecular flexibility index (Phi) is 5.93. The fourth-order valence-electron chi connectivity index (χ4n) is 1.87. The molecule has 0 heterocycles. The maximum atomic E-state index is 3.43. The van der Waals surface area contributed by atoms with Crippen LogP contribution in [0, 0.1) is 0 Å². The SMILES string of the molecule is CCC(C)SC(C)C(NC)c1ccccc1. The number of rotatable bonds is 6. The Bertz CT molecular complexity index is 286. The molecule has 0 saturated carbocycles. The van der Waals surface area contributed by atoms with Crippen LogP contribution in [0.1, 0.15) is 38.8 Å². The van der Waals surface area contributed by atoms with E-state index in [0.29, 0.717) is 11.3 Å². The van der Waals surface area contributed by atoms with Gasteiger partial charge in [0.1, 0.15) is 0 Å². The van der Waals surface area contributed by atoms with E-state index in [1.54, 1.807) is 0 Å². The second kappa shape index (κ2) is 6.97. The number of hydrogen-bond acceptors (Lipinski definition) is 2. The maximum Gasteiger partial charge on any atom is 0.0435 e. The van der Waals surface area contributed by atoms with Gasteiger partial charge in [-0.2, -0.15) is 11.8 Å². The molecule has 16 heavy (non-hydrogen) atoms. The lowest BCUT2D eigenvalue weighted by molar-refractivity contribution is 0.587. The van der Waals surface area contributed by atoms with E-state index in [1.807, 2.05) is 7.05 Å². The van der Waals surface area contributed by atoms with Crippen molar-refractivity contribution < 1.29 is 0 Å². The summed E-state index contributed by atoms with van der Waals surface area (Å²) in [6, 6.07) is 11.1. The lowest BCUT2D eigenvalue weighted by Crippen LogP contribution is -2.26. The number of thioether (sulfide) groups is 1. The van der Waals surface area contributed by atoms with Crippen LogP contribution in [0.3, 0.4) is 0 Å². The van der Waals surface area contributed by atoms with Gasteiger partial charge >= 0.3 is 0 Å². The highest BCUT2D eigenvalue weighted by Gasteiger charge is 2.19. The van der Waals surface area contributed by atoms with Crippen LogP contribution in [0.2, 0.25) is 0 Å². The van der Waals surface area contributed by atoms with E-state index in [1.165, 1.54) is 12.0 Å². The Balaban J connectivity index is 2.67. The third kappa shape index (κ3) is 3.84.